The van der Waals surface area contributed by atoms with Crippen LogP contribution in [0.3, 0.4) is 0 Å². The molecule has 2 saturated heterocycles. The van der Waals surface area contributed by atoms with Crippen LogP contribution in [0.4, 0.5) is 0 Å². The van der Waals surface area contributed by atoms with Crippen LogP contribution in [0.2, 0.25) is 0 Å². The van der Waals surface area contributed by atoms with Gasteiger partial charge in [-0.2, -0.15) is 0 Å². The highest BCUT2D eigenvalue weighted by Gasteiger charge is 2.28. The molecule has 1 unspecified atom stereocenters. The highest BCUT2D eigenvalue weighted by atomic mass is 15.3. The van der Waals surface area contributed by atoms with E-state index in [1.165, 1.54) is 45.4 Å². The van der Waals surface area contributed by atoms with E-state index in [4.69, 9.17) is 5.53 Å². The van der Waals surface area contributed by atoms with Gasteiger partial charge in [-0.3, -0.25) is 4.90 Å². The summed E-state index contributed by atoms with van der Waals surface area (Å²) < 4.78 is 0. The molecule has 0 radical (unpaired) electrons. The van der Waals surface area contributed by atoms with Crippen LogP contribution >= 0.6 is 0 Å². The van der Waals surface area contributed by atoms with E-state index in [2.05, 4.69) is 19.8 Å². The van der Waals surface area contributed by atoms with Crippen LogP contribution in [0.15, 0.2) is 5.11 Å². The van der Waals surface area contributed by atoms with Crippen LogP contribution in [-0.2, 0) is 0 Å². The fourth-order valence-electron chi connectivity index (χ4n) is 2.83. The smallest absolute Gasteiger partial charge is 0.0270 e. The zero-order valence-electron chi connectivity index (χ0n) is 9.88. The Hall–Kier alpha value is -0.770. The molecule has 5 nitrogen and oxygen atoms in total. The standard InChI is InChI=1S/C11H21N5/c12-14-13-5-3-6-15-9-4-11(10-15)16-7-1-2-8-16/h11H,1-10H2. The van der Waals surface area contributed by atoms with Crippen molar-refractivity contribution in [2.24, 2.45) is 5.11 Å². The molecule has 90 valence electrons. The van der Waals surface area contributed by atoms with Crippen molar-refractivity contribution in [1.29, 1.82) is 0 Å². The maximum atomic E-state index is 8.18. The first-order valence-corrected chi connectivity index (χ1v) is 6.37. The summed E-state index contributed by atoms with van der Waals surface area (Å²) in [5.74, 6) is 0. The molecule has 1 atom stereocenters. The molecule has 0 aliphatic carbocycles. The summed E-state index contributed by atoms with van der Waals surface area (Å²) in [6, 6.07) is 0.793. The number of azide groups is 1. The van der Waals surface area contributed by atoms with Gasteiger partial charge in [0.05, 0.1) is 0 Å². The van der Waals surface area contributed by atoms with Gasteiger partial charge in [-0.25, -0.2) is 0 Å². The average molecular weight is 223 g/mol. The van der Waals surface area contributed by atoms with Gasteiger partial charge in [0.1, 0.15) is 0 Å². The van der Waals surface area contributed by atoms with Gasteiger partial charge in [-0.15, -0.1) is 0 Å². The second kappa shape index (κ2) is 6.09. The molecular weight excluding hydrogens is 202 g/mol. The van der Waals surface area contributed by atoms with E-state index in [0.29, 0.717) is 6.54 Å². The minimum atomic E-state index is 0.640. The molecule has 0 N–H and O–H groups in total. The van der Waals surface area contributed by atoms with E-state index in [9.17, 15) is 0 Å². The molecular formula is C11H21N5. The summed E-state index contributed by atoms with van der Waals surface area (Å²) in [6.45, 7) is 6.77. The predicted molar refractivity (Wildman–Crippen MR) is 64.3 cm³/mol. The van der Waals surface area contributed by atoms with E-state index in [1.807, 2.05) is 0 Å². The number of likely N-dealkylation sites (tertiary alicyclic amines) is 2. The largest absolute Gasteiger partial charge is 0.302 e. The number of rotatable bonds is 5. The molecule has 0 aromatic rings. The fraction of sp³-hybridized carbons (Fsp3) is 1.00. The normalized spacial score (nSPS) is 27.1. The lowest BCUT2D eigenvalue weighted by Gasteiger charge is -2.23. The van der Waals surface area contributed by atoms with Crippen molar-refractivity contribution < 1.29 is 0 Å². The van der Waals surface area contributed by atoms with Crippen molar-refractivity contribution >= 4 is 0 Å². The van der Waals surface area contributed by atoms with Gasteiger partial charge in [0, 0.05) is 24.0 Å². The summed E-state index contributed by atoms with van der Waals surface area (Å²) in [6.07, 6.45) is 5.08. The molecule has 0 spiro atoms. The Bertz CT molecular complexity index is 255. The molecule has 0 saturated carbocycles. The van der Waals surface area contributed by atoms with Gasteiger partial charge in [-0.1, -0.05) is 5.11 Å². The summed E-state index contributed by atoms with van der Waals surface area (Å²) in [7, 11) is 0. The fourth-order valence-corrected chi connectivity index (χ4v) is 2.83. The minimum Gasteiger partial charge on any atom is -0.302 e. The Morgan fingerprint density at radius 2 is 2.06 bits per heavy atom. The van der Waals surface area contributed by atoms with Gasteiger partial charge in [0.25, 0.3) is 0 Å². The van der Waals surface area contributed by atoms with Crippen molar-refractivity contribution in [1.82, 2.24) is 9.80 Å². The van der Waals surface area contributed by atoms with Gasteiger partial charge in [-0.05, 0) is 57.4 Å². The summed E-state index contributed by atoms with van der Waals surface area (Å²) in [5.41, 5.74) is 8.18. The Kier molecular flexibility index (Phi) is 4.45. The Labute approximate surface area is 97.0 Å². The van der Waals surface area contributed by atoms with Crippen LogP contribution in [0, 0.1) is 0 Å². The lowest BCUT2D eigenvalue weighted by Crippen LogP contribution is -2.35. The van der Waals surface area contributed by atoms with Crippen LogP contribution in [0.25, 0.3) is 10.4 Å². The van der Waals surface area contributed by atoms with Crippen molar-refractivity contribution in [3.8, 4) is 0 Å². The number of hydrogen-bond acceptors (Lipinski definition) is 3. The first-order valence-electron chi connectivity index (χ1n) is 6.37. The van der Waals surface area contributed by atoms with E-state index in [-0.39, 0.29) is 0 Å². The molecule has 5 heteroatoms. The van der Waals surface area contributed by atoms with E-state index in [0.717, 1.165) is 19.0 Å². The highest BCUT2D eigenvalue weighted by molar-refractivity contribution is 4.85. The van der Waals surface area contributed by atoms with E-state index in [1.54, 1.807) is 0 Å². The third kappa shape index (κ3) is 3.11. The average Bonchev–Trinajstić information content (AvgIpc) is 2.94. The maximum absolute atomic E-state index is 8.18. The zero-order chi connectivity index (χ0) is 11.2. The number of hydrogen-bond donors (Lipinski definition) is 0. The highest BCUT2D eigenvalue weighted by Crippen LogP contribution is 2.20. The molecule has 16 heavy (non-hydrogen) atoms. The SMILES string of the molecule is [N-]=[N+]=NCCCN1CCC(N2CCCC2)C1. The molecule has 2 aliphatic heterocycles. The van der Waals surface area contributed by atoms with Gasteiger partial charge >= 0.3 is 0 Å². The van der Waals surface area contributed by atoms with Crippen LogP contribution in [0.5, 0.6) is 0 Å². The van der Waals surface area contributed by atoms with Gasteiger partial charge < -0.3 is 4.90 Å². The van der Waals surface area contributed by atoms with E-state index >= 15 is 0 Å². The Morgan fingerprint density at radius 3 is 2.81 bits per heavy atom. The van der Waals surface area contributed by atoms with Crippen LogP contribution < -0.4 is 0 Å². The van der Waals surface area contributed by atoms with Gasteiger partial charge in [0.2, 0.25) is 0 Å². The molecule has 2 aliphatic rings. The summed E-state index contributed by atoms with van der Waals surface area (Å²) >= 11 is 0. The Balaban J connectivity index is 1.64. The monoisotopic (exact) mass is 223 g/mol. The second-order valence-electron chi connectivity index (χ2n) is 4.79. The molecule has 0 amide bonds. The molecule has 0 aromatic carbocycles. The Morgan fingerprint density at radius 1 is 1.25 bits per heavy atom. The summed E-state index contributed by atoms with van der Waals surface area (Å²) in [5, 5.41) is 3.57. The quantitative estimate of drug-likeness (QED) is 0.309. The molecule has 2 heterocycles. The van der Waals surface area contributed by atoms with Crippen LogP contribution in [0.1, 0.15) is 25.7 Å². The number of nitrogens with zero attached hydrogens (tertiary/aromatic N) is 5. The lowest BCUT2D eigenvalue weighted by atomic mass is 10.2. The van der Waals surface area contributed by atoms with Crippen molar-refractivity contribution in [3.05, 3.63) is 10.4 Å². The first kappa shape index (κ1) is 11.7. The lowest BCUT2D eigenvalue weighted by molar-refractivity contribution is 0.232. The van der Waals surface area contributed by atoms with Crippen molar-refractivity contribution in [3.63, 3.8) is 0 Å². The molecule has 0 bridgehead atoms. The third-order valence-electron chi connectivity index (χ3n) is 3.70. The van der Waals surface area contributed by atoms with Crippen molar-refractivity contribution in [2.45, 2.75) is 31.7 Å². The van der Waals surface area contributed by atoms with Crippen molar-refractivity contribution in [2.75, 3.05) is 39.3 Å². The maximum Gasteiger partial charge on any atom is 0.0270 e. The topological polar surface area (TPSA) is 55.2 Å². The summed E-state index contributed by atoms with van der Waals surface area (Å²) in [4.78, 5) is 7.93. The second-order valence-corrected chi connectivity index (χ2v) is 4.79. The molecule has 0 aromatic heterocycles. The molecule has 2 rings (SSSR count). The van der Waals surface area contributed by atoms with Gasteiger partial charge in [0.15, 0.2) is 0 Å². The minimum absolute atomic E-state index is 0.640. The van der Waals surface area contributed by atoms with E-state index < -0.39 is 0 Å². The molecule has 2 fully saturated rings. The third-order valence-corrected chi connectivity index (χ3v) is 3.70. The zero-order valence-corrected chi connectivity index (χ0v) is 9.88. The first-order chi connectivity index (χ1) is 7.90. The predicted octanol–water partition coefficient (Wildman–Crippen LogP) is 1.86. The van der Waals surface area contributed by atoms with Crippen LogP contribution in [-0.4, -0.2) is 55.1 Å².